The van der Waals surface area contributed by atoms with E-state index in [1.165, 1.54) is 10.6 Å². The summed E-state index contributed by atoms with van der Waals surface area (Å²) in [6.07, 6.45) is 2.18. The van der Waals surface area contributed by atoms with Crippen molar-refractivity contribution >= 4 is 11.8 Å². The molecule has 0 unspecified atom stereocenters. The second kappa shape index (κ2) is 8.14. The molecule has 3 rings (SSSR count). The molecule has 0 saturated heterocycles. The maximum absolute atomic E-state index is 12.3. The summed E-state index contributed by atoms with van der Waals surface area (Å²) in [6.45, 7) is 0.378. The number of nitrogens with two attached hydrogens (primary N) is 1. The van der Waals surface area contributed by atoms with E-state index >= 15 is 0 Å². The quantitative estimate of drug-likeness (QED) is 0.702. The minimum Gasteiger partial charge on any atom is -0.366 e. The van der Waals surface area contributed by atoms with Crippen LogP contribution in [0, 0.1) is 0 Å². The van der Waals surface area contributed by atoms with Crippen LogP contribution in [-0.4, -0.2) is 22.9 Å². The van der Waals surface area contributed by atoms with Gasteiger partial charge in [-0.25, -0.2) is 0 Å². The standard InChI is InChI=1S/C21H19N3O3/c22-20(26)18-6-2-1-5-15(18)12-13-23-21(27)16-8-10-17(11-9-16)24-14-4-3-7-19(24)25/h1-11,14H,12-13H2,(H2,22,26)(H,23,27). The van der Waals surface area contributed by atoms with Crippen molar-refractivity contribution in [2.45, 2.75) is 6.42 Å². The molecular formula is C21H19N3O3. The number of benzene rings is 2. The molecule has 1 heterocycles. The van der Waals surface area contributed by atoms with Gasteiger partial charge in [0.2, 0.25) is 5.91 Å². The van der Waals surface area contributed by atoms with Gasteiger partial charge in [-0.05, 0) is 48.4 Å². The predicted octanol–water partition coefficient (Wildman–Crippen LogP) is 1.91. The zero-order chi connectivity index (χ0) is 19.2. The van der Waals surface area contributed by atoms with Crippen molar-refractivity contribution in [2.75, 3.05) is 6.54 Å². The highest BCUT2D eigenvalue weighted by molar-refractivity contribution is 5.95. The second-order valence-corrected chi connectivity index (χ2v) is 5.98. The van der Waals surface area contributed by atoms with Gasteiger partial charge in [-0.15, -0.1) is 0 Å². The highest BCUT2D eigenvalue weighted by Gasteiger charge is 2.09. The van der Waals surface area contributed by atoms with Crippen LogP contribution >= 0.6 is 0 Å². The maximum Gasteiger partial charge on any atom is 0.255 e. The Labute approximate surface area is 156 Å². The van der Waals surface area contributed by atoms with E-state index in [1.54, 1.807) is 54.7 Å². The van der Waals surface area contributed by atoms with Crippen molar-refractivity contribution in [3.63, 3.8) is 0 Å². The van der Waals surface area contributed by atoms with Gasteiger partial charge >= 0.3 is 0 Å². The van der Waals surface area contributed by atoms with Crippen molar-refractivity contribution in [3.05, 3.63) is 100.0 Å². The van der Waals surface area contributed by atoms with E-state index in [1.807, 2.05) is 12.1 Å². The molecule has 0 radical (unpaired) electrons. The van der Waals surface area contributed by atoms with E-state index in [0.717, 1.165) is 5.56 Å². The third-order valence-corrected chi connectivity index (χ3v) is 4.19. The topological polar surface area (TPSA) is 94.2 Å². The van der Waals surface area contributed by atoms with Crippen LogP contribution in [0.1, 0.15) is 26.3 Å². The van der Waals surface area contributed by atoms with Crippen LogP contribution in [-0.2, 0) is 6.42 Å². The van der Waals surface area contributed by atoms with Crippen molar-refractivity contribution in [1.82, 2.24) is 9.88 Å². The van der Waals surface area contributed by atoms with Crippen LogP contribution in [0.3, 0.4) is 0 Å². The summed E-state index contributed by atoms with van der Waals surface area (Å²) >= 11 is 0. The van der Waals surface area contributed by atoms with Gasteiger partial charge in [0.1, 0.15) is 0 Å². The number of hydrogen-bond acceptors (Lipinski definition) is 3. The van der Waals surface area contributed by atoms with Gasteiger partial charge in [0.05, 0.1) is 0 Å². The Bertz CT molecular complexity index is 1020. The van der Waals surface area contributed by atoms with Crippen LogP contribution in [0.2, 0.25) is 0 Å². The lowest BCUT2D eigenvalue weighted by molar-refractivity contribution is 0.0953. The molecule has 0 aliphatic heterocycles. The number of nitrogens with one attached hydrogen (secondary N) is 1. The summed E-state index contributed by atoms with van der Waals surface area (Å²) in [5, 5.41) is 2.82. The minimum absolute atomic E-state index is 0.136. The number of carbonyl (C=O) groups excluding carboxylic acids is 2. The minimum atomic E-state index is -0.483. The van der Waals surface area contributed by atoms with Gasteiger partial charge in [0.15, 0.2) is 0 Å². The van der Waals surface area contributed by atoms with E-state index in [0.29, 0.717) is 29.8 Å². The summed E-state index contributed by atoms with van der Waals surface area (Å²) in [5.74, 6) is -0.706. The molecule has 136 valence electrons. The van der Waals surface area contributed by atoms with Crippen LogP contribution in [0.15, 0.2) is 77.7 Å². The van der Waals surface area contributed by atoms with Crippen molar-refractivity contribution < 1.29 is 9.59 Å². The monoisotopic (exact) mass is 361 g/mol. The number of aromatic nitrogens is 1. The number of primary amides is 1. The lowest BCUT2D eigenvalue weighted by Gasteiger charge is -2.09. The molecule has 0 bridgehead atoms. The molecule has 2 aromatic carbocycles. The first-order chi connectivity index (χ1) is 13.1. The zero-order valence-corrected chi connectivity index (χ0v) is 14.6. The smallest absolute Gasteiger partial charge is 0.255 e. The van der Waals surface area contributed by atoms with Gasteiger partial charge in [-0.2, -0.15) is 0 Å². The molecule has 1 aromatic heterocycles. The number of pyridine rings is 1. The Hall–Kier alpha value is -3.67. The molecular weight excluding hydrogens is 342 g/mol. The molecule has 0 fully saturated rings. The fraction of sp³-hybridized carbons (Fsp3) is 0.0952. The number of nitrogens with zero attached hydrogens (tertiary/aromatic N) is 1. The van der Waals surface area contributed by atoms with Gasteiger partial charge in [0, 0.05) is 35.6 Å². The fourth-order valence-corrected chi connectivity index (χ4v) is 2.81. The molecule has 6 nitrogen and oxygen atoms in total. The van der Waals surface area contributed by atoms with E-state index < -0.39 is 5.91 Å². The molecule has 2 amide bonds. The Morgan fingerprint density at radius 2 is 1.63 bits per heavy atom. The van der Waals surface area contributed by atoms with Gasteiger partial charge in [0.25, 0.3) is 11.5 Å². The number of amides is 2. The van der Waals surface area contributed by atoms with Gasteiger partial charge < -0.3 is 11.1 Å². The van der Waals surface area contributed by atoms with Crippen molar-refractivity contribution in [1.29, 1.82) is 0 Å². The molecule has 0 saturated carbocycles. The largest absolute Gasteiger partial charge is 0.366 e. The third kappa shape index (κ3) is 4.30. The van der Waals surface area contributed by atoms with Crippen LogP contribution < -0.4 is 16.6 Å². The first-order valence-corrected chi connectivity index (χ1v) is 8.50. The summed E-state index contributed by atoms with van der Waals surface area (Å²) in [4.78, 5) is 35.6. The van der Waals surface area contributed by atoms with E-state index in [4.69, 9.17) is 5.73 Å². The predicted molar refractivity (Wildman–Crippen MR) is 103 cm³/mol. The first-order valence-electron chi connectivity index (χ1n) is 8.50. The van der Waals surface area contributed by atoms with Crippen molar-refractivity contribution in [3.8, 4) is 5.69 Å². The second-order valence-electron chi connectivity index (χ2n) is 5.98. The molecule has 0 atom stereocenters. The van der Waals surface area contributed by atoms with E-state index in [-0.39, 0.29) is 11.5 Å². The van der Waals surface area contributed by atoms with Crippen LogP contribution in [0.5, 0.6) is 0 Å². The SMILES string of the molecule is NC(=O)c1ccccc1CCNC(=O)c1ccc(-n2ccccc2=O)cc1. The van der Waals surface area contributed by atoms with Gasteiger partial charge in [-0.1, -0.05) is 24.3 Å². The Balaban J connectivity index is 1.63. The molecule has 27 heavy (non-hydrogen) atoms. The Morgan fingerprint density at radius 3 is 2.33 bits per heavy atom. The third-order valence-electron chi connectivity index (χ3n) is 4.19. The van der Waals surface area contributed by atoms with Crippen molar-refractivity contribution in [2.24, 2.45) is 5.73 Å². The fourth-order valence-electron chi connectivity index (χ4n) is 2.81. The Kier molecular flexibility index (Phi) is 5.47. The molecule has 3 aromatic rings. The van der Waals surface area contributed by atoms with E-state index in [2.05, 4.69) is 5.32 Å². The lowest BCUT2D eigenvalue weighted by atomic mass is 10.0. The van der Waals surface area contributed by atoms with Crippen LogP contribution in [0.4, 0.5) is 0 Å². The van der Waals surface area contributed by atoms with E-state index in [9.17, 15) is 14.4 Å². The first kappa shape index (κ1) is 18.1. The zero-order valence-electron chi connectivity index (χ0n) is 14.6. The number of carbonyl (C=O) groups is 2. The molecule has 0 aliphatic rings. The maximum atomic E-state index is 12.3. The summed E-state index contributed by atoms with van der Waals surface area (Å²) < 4.78 is 1.50. The number of hydrogen-bond donors (Lipinski definition) is 2. The average molecular weight is 361 g/mol. The Morgan fingerprint density at radius 1 is 0.926 bits per heavy atom. The molecule has 0 aliphatic carbocycles. The highest BCUT2D eigenvalue weighted by Crippen LogP contribution is 2.10. The average Bonchev–Trinajstić information content (AvgIpc) is 2.68. The van der Waals surface area contributed by atoms with Gasteiger partial charge in [-0.3, -0.25) is 19.0 Å². The summed E-state index contributed by atoms with van der Waals surface area (Å²) in [5.41, 5.74) is 7.66. The highest BCUT2D eigenvalue weighted by atomic mass is 16.2. The van der Waals surface area contributed by atoms with Crippen LogP contribution in [0.25, 0.3) is 5.69 Å². The molecule has 3 N–H and O–H groups in total. The lowest BCUT2D eigenvalue weighted by Crippen LogP contribution is -2.26. The molecule has 0 spiro atoms. The normalized spacial score (nSPS) is 10.4. The molecule has 6 heteroatoms. The summed E-state index contributed by atoms with van der Waals surface area (Å²) in [7, 11) is 0. The summed E-state index contributed by atoms with van der Waals surface area (Å²) in [6, 6.07) is 18.8. The number of rotatable bonds is 6.